The van der Waals surface area contributed by atoms with Gasteiger partial charge < -0.3 is 20.5 Å². The first-order valence-electron chi connectivity index (χ1n) is 6.90. The van der Waals surface area contributed by atoms with E-state index in [0.29, 0.717) is 12.3 Å². The van der Waals surface area contributed by atoms with Crippen molar-refractivity contribution in [3.8, 4) is 0 Å². The molecule has 0 bridgehead atoms. The molecule has 1 aliphatic heterocycles. The summed E-state index contributed by atoms with van der Waals surface area (Å²) < 4.78 is 5.60. The van der Waals surface area contributed by atoms with Crippen molar-refractivity contribution in [2.24, 2.45) is 0 Å². The highest BCUT2D eigenvalue weighted by Gasteiger charge is 2.29. The standard InChI is InChI=1S/C15H20N2O4/c1-15(2)9-12(7-8-21-15)17-14(20)16-11-5-3-10(4-6-11)13(18)19/h3-6,12H,7-9H2,1-2H3,(H,18,19)(H2,16,17,20). The minimum absolute atomic E-state index is 0.0760. The van der Waals surface area contributed by atoms with Crippen LogP contribution >= 0.6 is 0 Å². The molecule has 1 saturated heterocycles. The Balaban J connectivity index is 1.88. The number of hydrogen-bond donors (Lipinski definition) is 3. The molecule has 3 N–H and O–H groups in total. The van der Waals surface area contributed by atoms with E-state index in [1.54, 1.807) is 12.1 Å². The molecule has 0 aliphatic carbocycles. The van der Waals surface area contributed by atoms with Crippen LogP contribution in [0.25, 0.3) is 0 Å². The molecule has 1 fully saturated rings. The maximum absolute atomic E-state index is 11.9. The third-order valence-electron chi connectivity index (χ3n) is 3.42. The summed E-state index contributed by atoms with van der Waals surface area (Å²) in [6, 6.07) is 5.83. The van der Waals surface area contributed by atoms with Crippen molar-refractivity contribution < 1.29 is 19.4 Å². The summed E-state index contributed by atoms with van der Waals surface area (Å²) in [4.78, 5) is 22.7. The van der Waals surface area contributed by atoms with Crippen LogP contribution in [0.3, 0.4) is 0 Å². The molecule has 0 spiro atoms. The number of carboxylic acids is 1. The fourth-order valence-corrected chi connectivity index (χ4v) is 2.40. The minimum atomic E-state index is -0.990. The zero-order valence-electron chi connectivity index (χ0n) is 12.2. The van der Waals surface area contributed by atoms with Crippen LogP contribution < -0.4 is 10.6 Å². The topological polar surface area (TPSA) is 87.7 Å². The Bertz CT molecular complexity index is 525. The molecule has 6 nitrogen and oxygen atoms in total. The van der Waals surface area contributed by atoms with Gasteiger partial charge in [0, 0.05) is 18.3 Å². The Morgan fingerprint density at radius 3 is 2.52 bits per heavy atom. The van der Waals surface area contributed by atoms with Crippen molar-refractivity contribution in [1.29, 1.82) is 0 Å². The van der Waals surface area contributed by atoms with Crippen LogP contribution in [0, 0.1) is 0 Å². The summed E-state index contributed by atoms with van der Waals surface area (Å²) >= 11 is 0. The van der Waals surface area contributed by atoms with Crippen LogP contribution in [0.5, 0.6) is 0 Å². The number of benzene rings is 1. The molecule has 1 aromatic carbocycles. The molecule has 0 saturated carbocycles. The van der Waals surface area contributed by atoms with Gasteiger partial charge in [0.05, 0.1) is 11.2 Å². The van der Waals surface area contributed by atoms with Crippen molar-refractivity contribution in [1.82, 2.24) is 5.32 Å². The number of carbonyl (C=O) groups excluding carboxylic acids is 1. The van der Waals surface area contributed by atoms with Gasteiger partial charge in [-0.15, -0.1) is 0 Å². The summed E-state index contributed by atoms with van der Waals surface area (Å²) in [5.74, 6) is -0.990. The highest BCUT2D eigenvalue weighted by molar-refractivity contribution is 5.91. The number of urea groups is 1. The van der Waals surface area contributed by atoms with Crippen molar-refractivity contribution in [3.05, 3.63) is 29.8 Å². The maximum atomic E-state index is 11.9. The lowest BCUT2D eigenvalue weighted by Gasteiger charge is -2.35. The molecule has 6 heteroatoms. The number of rotatable bonds is 3. The molecule has 1 aromatic rings. The van der Waals surface area contributed by atoms with Crippen LogP contribution in [0.2, 0.25) is 0 Å². The van der Waals surface area contributed by atoms with Crippen LogP contribution in [0.1, 0.15) is 37.0 Å². The second-order valence-electron chi connectivity index (χ2n) is 5.78. The number of ether oxygens (including phenoxy) is 1. The molecule has 2 amide bonds. The third-order valence-corrected chi connectivity index (χ3v) is 3.42. The Kier molecular flexibility index (Phi) is 4.47. The van der Waals surface area contributed by atoms with Gasteiger partial charge in [0.1, 0.15) is 0 Å². The van der Waals surface area contributed by atoms with E-state index in [4.69, 9.17) is 9.84 Å². The molecular weight excluding hydrogens is 272 g/mol. The van der Waals surface area contributed by atoms with Crippen molar-refractivity contribution in [2.75, 3.05) is 11.9 Å². The number of nitrogens with one attached hydrogen (secondary N) is 2. The number of amides is 2. The van der Waals surface area contributed by atoms with E-state index >= 15 is 0 Å². The van der Waals surface area contributed by atoms with E-state index in [1.165, 1.54) is 12.1 Å². The molecule has 21 heavy (non-hydrogen) atoms. The Morgan fingerprint density at radius 1 is 1.29 bits per heavy atom. The summed E-state index contributed by atoms with van der Waals surface area (Å²) in [6.45, 7) is 4.64. The highest BCUT2D eigenvalue weighted by atomic mass is 16.5. The van der Waals surface area contributed by atoms with Gasteiger partial charge in [-0.05, 0) is 51.0 Å². The van der Waals surface area contributed by atoms with Gasteiger partial charge in [-0.1, -0.05) is 0 Å². The SMILES string of the molecule is CC1(C)CC(NC(=O)Nc2ccc(C(=O)O)cc2)CCO1. The average Bonchev–Trinajstić information content (AvgIpc) is 2.37. The third kappa shape index (κ3) is 4.46. The van der Waals surface area contributed by atoms with Crippen LogP contribution in [-0.4, -0.2) is 35.4 Å². The predicted molar refractivity (Wildman–Crippen MR) is 78.6 cm³/mol. The maximum Gasteiger partial charge on any atom is 0.335 e. The zero-order valence-corrected chi connectivity index (χ0v) is 12.2. The fourth-order valence-electron chi connectivity index (χ4n) is 2.40. The van der Waals surface area contributed by atoms with Gasteiger partial charge in [-0.25, -0.2) is 9.59 Å². The average molecular weight is 292 g/mol. The monoisotopic (exact) mass is 292 g/mol. The summed E-state index contributed by atoms with van der Waals surface area (Å²) in [5, 5.41) is 14.4. The lowest BCUT2D eigenvalue weighted by molar-refractivity contribution is -0.0609. The minimum Gasteiger partial charge on any atom is -0.478 e. The second-order valence-corrected chi connectivity index (χ2v) is 5.78. The first-order chi connectivity index (χ1) is 9.85. The smallest absolute Gasteiger partial charge is 0.335 e. The normalized spacial score (nSPS) is 20.6. The van der Waals surface area contributed by atoms with E-state index in [0.717, 1.165) is 12.8 Å². The number of carbonyl (C=O) groups is 2. The quantitative estimate of drug-likeness (QED) is 0.798. The molecule has 2 rings (SSSR count). The number of hydrogen-bond acceptors (Lipinski definition) is 3. The van der Waals surface area contributed by atoms with Crippen LogP contribution in [-0.2, 0) is 4.74 Å². The van der Waals surface area contributed by atoms with E-state index in [1.807, 2.05) is 13.8 Å². The molecule has 114 valence electrons. The van der Waals surface area contributed by atoms with E-state index in [-0.39, 0.29) is 23.2 Å². The van der Waals surface area contributed by atoms with Gasteiger partial charge in [0.25, 0.3) is 0 Å². The molecule has 1 aliphatic rings. The first-order valence-corrected chi connectivity index (χ1v) is 6.90. The van der Waals surface area contributed by atoms with Crippen molar-refractivity contribution >= 4 is 17.7 Å². The molecule has 1 unspecified atom stereocenters. The Hall–Kier alpha value is -2.08. The summed E-state index contributed by atoms with van der Waals surface area (Å²) in [7, 11) is 0. The lowest BCUT2D eigenvalue weighted by Crippen LogP contribution is -2.47. The van der Waals surface area contributed by atoms with Gasteiger partial charge >= 0.3 is 12.0 Å². The van der Waals surface area contributed by atoms with E-state index in [2.05, 4.69) is 10.6 Å². The zero-order chi connectivity index (χ0) is 15.5. The second kappa shape index (κ2) is 6.13. The van der Waals surface area contributed by atoms with Gasteiger partial charge in [-0.3, -0.25) is 0 Å². The molecule has 1 heterocycles. The summed E-state index contributed by atoms with van der Waals surface area (Å²) in [6.07, 6.45) is 1.55. The Morgan fingerprint density at radius 2 is 1.95 bits per heavy atom. The van der Waals surface area contributed by atoms with Crippen LogP contribution in [0.15, 0.2) is 24.3 Å². The van der Waals surface area contributed by atoms with Gasteiger partial charge in [0.2, 0.25) is 0 Å². The van der Waals surface area contributed by atoms with E-state index in [9.17, 15) is 9.59 Å². The number of anilines is 1. The van der Waals surface area contributed by atoms with Gasteiger partial charge in [0.15, 0.2) is 0 Å². The van der Waals surface area contributed by atoms with Gasteiger partial charge in [-0.2, -0.15) is 0 Å². The number of carboxylic acid groups (broad SMARTS) is 1. The number of aromatic carboxylic acids is 1. The Labute approximate surface area is 123 Å². The first kappa shape index (κ1) is 15.3. The lowest BCUT2D eigenvalue weighted by atomic mass is 9.94. The van der Waals surface area contributed by atoms with Crippen molar-refractivity contribution in [2.45, 2.75) is 38.3 Å². The molecular formula is C15H20N2O4. The molecule has 0 radical (unpaired) electrons. The summed E-state index contributed by atoms with van der Waals surface area (Å²) in [5.41, 5.74) is 0.523. The highest BCUT2D eigenvalue weighted by Crippen LogP contribution is 2.23. The van der Waals surface area contributed by atoms with Crippen molar-refractivity contribution in [3.63, 3.8) is 0 Å². The van der Waals surface area contributed by atoms with E-state index < -0.39 is 5.97 Å². The predicted octanol–water partition coefficient (Wildman–Crippen LogP) is 2.46. The molecule has 0 aromatic heterocycles. The fraction of sp³-hybridized carbons (Fsp3) is 0.467. The molecule has 1 atom stereocenters. The largest absolute Gasteiger partial charge is 0.478 e. The van der Waals surface area contributed by atoms with Crippen LogP contribution in [0.4, 0.5) is 10.5 Å².